The summed E-state index contributed by atoms with van der Waals surface area (Å²) < 4.78 is 12.1. The lowest BCUT2D eigenvalue weighted by Gasteiger charge is -2.14. The Morgan fingerprint density at radius 3 is 2.54 bits per heavy atom. The third-order valence-electron chi connectivity index (χ3n) is 4.00. The number of anilines is 1. The van der Waals surface area contributed by atoms with Crippen LogP contribution in [-0.4, -0.2) is 29.4 Å². The number of amides is 1. The standard InChI is InChI=1S/C21H21N3O4/c1-4-28-19-13-18(25)20(21(26)22-15-7-5-6-14(2)12-15)23-24(19)16-8-10-17(27-3)11-9-16/h5-13H,4H2,1-3H3,(H,22,26). The number of nitrogens with zero attached hydrogens (tertiary/aromatic N) is 2. The van der Waals surface area contributed by atoms with Crippen molar-refractivity contribution in [1.82, 2.24) is 9.78 Å². The number of aromatic nitrogens is 2. The van der Waals surface area contributed by atoms with Crippen LogP contribution >= 0.6 is 0 Å². The fourth-order valence-corrected chi connectivity index (χ4v) is 2.67. The molecule has 0 saturated heterocycles. The molecule has 2 aromatic carbocycles. The Balaban J connectivity index is 2.01. The van der Waals surface area contributed by atoms with Crippen molar-refractivity contribution in [3.8, 4) is 17.3 Å². The zero-order valence-electron chi connectivity index (χ0n) is 15.9. The van der Waals surface area contributed by atoms with E-state index in [0.717, 1.165) is 5.56 Å². The summed E-state index contributed by atoms with van der Waals surface area (Å²) in [6, 6.07) is 15.6. The van der Waals surface area contributed by atoms with Crippen molar-refractivity contribution in [3.63, 3.8) is 0 Å². The van der Waals surface area contributed by atoms with Gasteiger partial charge in [-0.25, -0.2) is 4.68 Å². The Morgan fingerprint density at radius 2 is 1.89 bits per heavy atom. The first-order valence-corrected chi connectivity index (χ1v) is 8.81. The number of hydrogen-bond donors (Lipinski definition) is 1. The summed E-state index contributed by atoms with van der Waals surface area (Å²) in [7, 11) is 1.58. The minimum absolute atomic E-state index is 0.222. The van der Waals surface area contributed by atoms with Gasteiger partial charge in [-0.05, 0) is 55.8 Å². The maximum Gasteiger partial charge on any atom is 0.280 e. The molecule has 3 rings (SSSR count). The SMILES string of the molecule is CCOc1cc(=O)c(C(=O)Nc2cccc(C)c2)nn1-c1ccc(OC)cc1. The van der Waals surface area contributed by atoms with E-state index in [0.29, 0.717) is 23.7 Å². The summed E-state index contributed by atoms with van der Waals surface area (Å²) in [6.07, 6.45) is 0. The van der Waals surface area contributed by atoms with Crippen molar-refractivity contribution in [2.24, 2.45) is 0 Å². The molecule has 7 heteroatoms. The molecule has 0 spiro atoms. The maximum absolute atomic E-state index is 12.7. The third kappa shape index (κ3) is 4.20. The van der Waals surface area contributed by atoms with Gasteiger partial charge in [0.1, 0.15) is 5.75 Å². The fourth-order valence-electron chi connectivity index (χ4n) is 2.67. The molecule has 1 aromatic heterocycles. The smallest absolute Gasteiger partial charge is 0.280 e. The highest BCUT2D eigenvalue weighted by atomic mass is 16.5. The number of carbonyl (C=O) groups excluding carboxylic acids is 1. The molecule has 0 fully saturated rings. The van der Waals surface area contributed by atoms with Gasteiger partial charge in [-0.15, -0.1) is 0 Å². The largest absolute Gasteiger partial charge is 0.497 e. The van der Waals surface area contributed by atoms with Gasteiger partial charge in [-0.2, -0.15) is 5.10 Å². The summed E-state index contributed by atoms with van der Waals surface area (Å²) in [4.78, 5) is 25.1. The van der Waals surface area contributed by atoms with E-state index in [-0.39, 0.29) is 11.6 Å². The van der Waals surface area contributed by atoms with Gasteiger partial charge in [0.15, 0.2) is 5.69 Å². The Labute approximate surface area is 162 Å². The summed E-state index contributed by atoms with van der Waals surface area (Å²) in [5, 5.41) is 6.97. The van der Waals surface area contributed by atoms with Crippen LogP contribution in [0, 0.1) is 6.92 Å². The first kappa shape index (κ1) is 19.2. The van der Waals surface area contributed by atoms with Crippen LogP contribution in [0.5, 0.6) is 11.6 Å². The number of aryl methyl sites for hydroxylation is 1. The lowest BCUT2D eigenvalue weighted by atomic mass is 10.2. The second-order valence-corrected chi connectivity index (χ2v) is 6.06. The minimum Gasteiger partial charge on any atom is -0.497 e. The van der Waals surface area contributed by atoms with Crippen LogP contribution in [0.25, 0.3) is 5.69 Å². The van der Waals surface area contributed by atoms with Crippen molar-refractivity contribution in [3.05, 3.63) is 76.1 Å². The summed E-state index contributed by atoms with van der Waals surface area (Å²) in [5.41, 5.74) is 1.48. The van der Waals surface area contributed by atoms with Crippen LogP contribution in [0.4, 0.5) is 5.69 Å². The maximum atomic E-state index is 12.7. The molecule has 0 saturated carbocycles. The second kappa shape index (κ2) is 8.39. The highest BCUT2D eigenvalue weighted by Gasteiger charge is 2.18. The zero-order valence-corrected chi connectivity index (χ0v) is 15.9. The van der Waals surface area contributed by atoms with Crippen LogP contribution in [-0.2, 0) is 0 Å². The van der Waals surface area contributed by atoms with Crippen LogP contribution in [0.1, 0.15) is 23.0 Å². The average Bonchev–Trinajstić information content (AvgIpc) is 2.68. The van der Waals surface area contributed by atoms with Crippen LogP contribution in [0.3, 0.4) is 0 Å². The van der Waals surface area contributed by atoms with E-state index in [2.05, 4.69) is 10.4 Å². The molecule has 7 nitrogen and oxygen atoms in total. The molecule has 0 radical (unpaired) electrons. The van der Waals surface area contributed by atoms with Crippen LogP contribution < -0.4 is 20.2 Å². The van der Waals surface area contributed by atoms with Crippen LogP contribution in [0.15, 0.2) is 59.4 Å². The molecule has 0 unspecified atom stereocenters. The van der Waals surface area contributed by atoms with Crippen molar-refractivity contribution < 1.29 is 14.3 Å². The van der Waals surface area contributed by atoms with Crippen molar-refractivity contribution in [1.29, 1.82) is 0 Å². The zero-order chi connectivity index (χ0) is 20.1. The Bertz CT molecular complexity index is 1040. The number of ether oxygens (including phenoxy) is 2. The van der Waals surface area contributed by atoms with E-state index in [1.165, 1.54) is 10.7 Å². The molecule has 0 atom stereocenters. The quantitative estimate of drug-likeness (QED) is 0.711. The second-order valence-electron chi connectivity index (χ2n) is 6.06. The molecular formula is C21H21N3O4. The van der Waals surface area contributed by atoms with E-state index in [4.69, 9.17) is 9.47 Å². The van der Waals surface area contributed by atoms with Crippen molar-refractivity contribution in [2.75, 3.05) is 19.0 Å². The molecule has 0 aliphatic heterocycles. The van der Waals surface area contributed by atoms with E-state index in [1.807, 2.05) is 25.1 Å². The van der Waals surface area contributed by atoms with Gasteiger partial charge >= 0.3 is 0 Å². The number of hydrogen-bond acceptors (Lipinski definition) is 5. The molecule has 28 heavy (non-hydrogen) atoms. The normalized spacial score (nSPS) is 10.4. The average molecular weight is 379 g/mol. The number of nitrogens with one attached hydrogen (secondary N) is 1. The Morgan fingerprint density at radius 1 is 1.14 bits per heavy atom. The lowest BCUT2D eigenvalue weighted by molar-refractivity contribution is 0.101. The van der Waals surface area contributed by atoms with Gasteiger partial charge in [0, 0.05) is 5.69 Å². The van der Waals surface area contributed by atoms with Gasteiger partial charge in [0.2, 0.25) is 11.3 Å². The Hall–Kier alpha value is -3.61. The summed E-state index contributed by atoms with van der Waals surface area (Å²) in [5.74, 6) is 0.353. The first-order chi connectivity index (χ1) is 13.5. The van der Waals surface area contributed by atoms with E-state index >= 15 is 0 Å². The number of carbonyl (C=O) groups is 1. The van der Waals surface area contributed by atoms with Gasteiger partial charge in [-0.1, -0.05) is 12.1 Å². The van der Waals surface area contributed by atoms with Gasteiger partial charge in [-0.3, -0.25) is 9.59 Å². The highest BCUT2D eigenvalue weighted by molar-refractivity contribution is 6.02. The molecule has 3 aromatic rings. The summed E-state index contributed by atoms with van der Waals surface area (Å²) >= 11 is 0. The fraction of sp³-hybridized carbons (Fsp3) is 0.190. The van der Waals surface area contributed by atoms with Gasteiger partial charge in [0.05, 0.1) is 25.5 Å². The molecular weight excluding hydrogens is 358 g/mol. The molecule has 0 bridgehead atoms. The number of benzene rings is 2. The lowest BCUT2D eigenvalue weighted by Crippen LogP contribution is -2.26. The van der Waals surface area contributed by atoms with E-state index < -0.39 is 11.3 Å². The molecule has 1 N–H and O–H groups in total. The van der Waals surface area contributed by atoms with Crippen molar-refractivity contribution in [2.45, 2.75) is 13.8 Å². The first-order valence-electron chi connectivity index (χ1n) is 8.81. The molecule has 1 heterocycles. The molecule has 0 aliphatic carbocycles. The highest BCUT2D eigenvalue weighted by Crippen LogP contribution is 2.19. The minimum atomic E-state index is -0.582. The summed E-state index contributed by atoms with van der Waals surface area (Å²) in [6.45, 7) is 4.08. The molecule has 144 valence electrons. The van der Waals surface area contributed by atoms with Gasteiger partial charge in [0.25, 0.3) is 5.91 Å². The molecule has 1 amide bonds. The topological polar surface area (TPSA) is 82.5 Å². The number of methoxy groups -OCH3 is 1. The van der Waals surface area contributed by atoms with Crippen molar-refractivity contribution >= 4 is 11.6 Å². The predicted octanol–water partition coefficient (Wildman–Crippen LogP) is 3.20. The Kier molecular flexibility index (Phi) is 5.74. The molecule has 0 aliphatic rings. The third-order valence-corrected chi connectivity index (χ3v) is 4.00. The predicted molar refractivity (Wildman–Crippen MR) is 107 cm³/mol. The number of rotatable bonds is 6. The van der Waals surface area contributed by atoms with Crippen LogP contribution in [0.2, 0.25) is 0 Å². The van der Waals surface area contributed by atoms with Gasteiger partial charge < -0.3 is 14.8 Å². The van der Waals surface area contributed by atoms with E-state index in [9.17, 15) is 9.59 Å². The monoisotopic (exact) mass is 379 g/mol. The van der Waals surface area contributed by atoms with E-state index in [1.54, 1.807) is 44.4 Å².